The van der Waals surface area contributed by atoms with E-state index in [0.29, 0.717) is 0 Å². The van der Waals surface area contributed by atoms with E-state index in [1.54, 1.807) is 0 Å². The molecule has 0 aliphatic carbocycles. The lowest BCUT2D eigenvalue weighted by Gasteiger charge is -2.48. The first kappa shape index (κ1) is 39.8. The second-order valence-electron chi connectivity index (χ2n) is 12.4. The summed E-state index contributed by atoms with van der Waals surface area (Å²) in [6, 6.07) is 0. The van der Waals surface area contributed by atoms with Crippen LogP contribution in [-0.4, -0.2) is 170 Å². The van der Waals surface area contributed by atoms with Crippen LogP contribution in [0.3, 0.4) is 0 Å². The van der Waals surface area contributed by atoms with Crippen LogP contribution in [0, 0.1) is 0 Å². The normalized spacial score (nSPS) is 41.9. The number of aliphatic hydroxyl groups excluding tert-OH is 10. The number of rotatable bonds is 19. The maximum Gasteiger partial charge on any atom is 0.187 e. The Labute approximate surface area is 269 Å². The average molecular weight is 673 g/mol. The molecule has 46 heavy (non-hydrogen) atoms. The summed E-state index contributed by atoms with van der Waals surface area (Å²) in [7, 11) is 0. The zero-order valence-corrected chi connectivity index (χ0v) is 26.5. The molecule has 0 unspecified atom stereocenters. The van der Waals surface area contributed by atoms with Gasteiger partial charge in [0.1, 0.15) is 73.2 Å². The predicted octanol–water partition coefficient (Wildman–Crippen LogP) is -2.63. The topological polar surface area (TPSA) is 258 Å². The zero-order valence-electron chi connectivity index (χ0n) is 26.5. The van der Waals surface area contributed by atoms with Gasteiger partial charge >= 0.3 is 0 Å². The van der Waals surface area contributed by atoms with Crippen molar-refractivity contribution in [2.75, 3.05) is 26.4 Å². The van der Waals surface area contributed by atoms with E-state index in [0.717, 1.165) is 25.7 Å². The predicted molar refractivity (Wildman–Crippen MR) is 157 cm³/mol. The van der Waals surface area contributed by atoms with Gasteiger partial charge in [-0.2, -0.15) is 0 Å². The summed E-state index contributed by atoms with van der Waals surface area (Å²) >= 11 is 0. The van der Waals surface area contributed by atoms with Crippen molar-refractivity contribution in [3.63, 3.8) is 0 Å². The van der Waals surface area contributed by atoms with Gasteiger partial charge in [-0.3, -0.25) is 0 Å². The van der Waals surface area contributed by atoms with Gasteiger partial charge < -0.3 is 79.5 Å². The SMILES string of the molecule is CCCCCCCCCCCCO[C@H]1O[C@H](CO)[C@H](O[C@H]2O[C@H](CO)[C@H](O[C@H]3O[C@H](CO)[C@H](O)[C@H](O)[C@H]3O)[C@H](O)[C@H]2O)[C@H](O)[C@H]1O. The first-order chi connectivity index (χ1) is 22.1. The highest BCUT2D eigenvalue weighted by molar-refractivity contribution is 4.96. The van der Waals surface area contributed by atoms with Crippen LogP contribution in [0.5, 0.6) is 0 Å². The van der Waals surface area contributed by atoms with E-state index >= 15 is 0 Å². The van der Waals surface area contributed by atoms with Crippen LogP contribution in [0.25, 0.3) is 0 Å². The zero-order chi connectivity index (χ0) is 33.8. The van der Waals surface area contributed by atoms with E-state index in [4.69, 9.17) is 28.4 Å². The Morgan fingerprint density at radius 3 is 1.30 bits per heavy atom. The van der Waals surface area contributed by atoms with Crippen LogP contribution in [0.1, 0.15) is 71.1 Å². The molecule has 0 bridgehead atoms. The Hall–Kier alpha value is -0.640. The molecule has 3 aliphatic rings. The Morgan fingerprint density at radius 1 is 0.435 bits per heavy atom. The van der Waals surface area contributed by atoms with Crippen molar-refractivity contribution in [3.8, 4) is 0 Å². The van der Waals surface area contributed by atoms with Gasteiger partial charge in [-0.25, -0.2) is 0 Å². The maximum absolute atomic E-state index is 10.9. The van der Waals surface area contributed by atoms with E-state index < -0.39 is 112 Å². The third-order valence-corrected chi connectivity index (χ3v) is 8.85. The van der Waals surface area contributed by atoms with Crippen LogP contribution in [0.4, 0.5) is 0 Å². The molecule has 0 spiro atoms. The molecule has 0 aromatic carbocycles. The molecule has 272 valence electrons. The standard InChI is InChI=1S/C30H56O16/c1-2-3-4-5-6-7-8-9-10-11-12-41-28-24(39)21(36)26(17(14-32)43-28)46-30-25(40)22(37)27(18(15-33)44-30)45-29-23(38)20(35)19(34)16(13-31)42-29/h16-40H,2-15H2,1H3/t16-,17-,18-,19+,20+,21-,22-,23-,24-,25-,26+,27+,28+,29-,30-/m1/s1. The van der Waals surface area contributed by atoms with Crippen molar-refractivity contribution in [2.24, 2.45) is 0 Å². The summed E-state index contributed by atoms with van der Waals surface area (Å²) in [5.41, 5.74) is 0. The summed E-state index contributed by atoms with van der Waals surface area (Å²) in [4.78, 5) is 0. The average Bonchev–Trinajstić information content (AvgIpc) is 3.06. The number of aliphatic hydroxyl groups is 10. The fourth-order valence-corrected chi connectivity index (χ4v) is 5.97. The molecule has 3 rings (SSSR count). The van der Waals surface area contributed by atoms with Crippen molar-refractivity contribution in [2.45, 2.75) is 163 Å². The van der Waals surface area contributed by atoms with Crippen molar-refractivity contribution >= 4 is 0 Å². The van der Waals surface area contributed by atoms with Gasteiger partial charge in [0.2, 0.25) is 0 Å². The fraction of sp³-hybridized carbons (Fsp3) is 1.00. The minimum absolute atomic E-state index is 0.263. The molecule has 15 atom stereocenters. The minimum atomic E-state index is -1.88. The molecular weight excluding hydrogens is 616 g/mol. The van der Waals surface area contributed by atoms with E-state index in [1.165, 1.54) is 38.5 Å². The molecule has 16 nitrogen and oxygen atoms in total. The molecule has 0 aromatic heterocycles. The molecule has 0 radical (unpaired) electrons. The largest absolute Gasteiger partial charge is 0.394 e. The first-order valence-electron chi connectivity index (χ1n) is 16.6. The van der Waals surface area contributed by atoms with E-state index in [1.807, 2.05) is 0 Å². The lowest BCUT2D eigenvalue weighted by Crippen LogP contribution is -2.66. The van der Waals surface area contributed by atoms with Crippen molar-refractivity contribution in [1.29, 1.82) is 0 Å². The smallest absolute Gasteiger partial charge is 0.187 e. The highest BCUT2D eigenvalue weighted by Gasteiger charge is 2.53. The second-order valence-corrected chi connectivity index (χ2v) is 12.4. The van der Waals surface area contributed by atoms with Crippen LogP contribution < -0.4 is 0 Å². The first-order valence-corrected chi connectivity index (χ1v) is 16.6. The number of hydrogen-bond acceptors (Lipinski definition) is 16. The lowest BCUT2D eigenvalue weighted by atomic mass is 9.96. The molecule has 0 amide bonds. The van der Waals surface area contributed by atoms with Crippen molar-refractivity contribution in [1.82, 2.24) is 0 Å². The molecule has 3 fully saturated rings. The highest BCUT2D eigenvalue weighted by atomic mass is 16.8. The fourth-order valence-electron chi connectivity index (χ4n) is 5.97. The van der Waals surface area contributed by atoms with Gasteiger partial charge in [-0.1, -0.05) is 64.7 Å². The maximum atomic E-state index is 10.9. The summed E-state index contributed by atoms with van der Waals surface area (Å²) in [5.74, 6) is 0. The highest BCUT2D eigenvalue weighted by Crippen LogP contribution is 2.32. The Morgan fingerprint density at radius 2 is 0.826 bits per heavy atom. The molecule has 0 saturated carbocycles. The van der Waals surface area contributed by atoms with Gasteiger partial charge in [0, 0.05) is 6.61 Å². The molecule has 3 aliphatic heterocycles. The molecule has 3 saturated heterocycles. The summed E-state index contributed by atoms with van der Waals surface area (Å²) < 4.78 is 33.4. The lowest BCUT2D eigenvalue weighted by molar-refractivity contribution is -0.379. The van der Waals surface area contributed by atoms with Crippen LogP contribution in [0.2, 0.25) is 0 Å². The molecule has 0 aromatic rings. The Kier molecular flexibility index (Phi) is 17.4. The third-order valence-electron chi connectivity index (χ3n) is 8.85. The van der Waals surface area contributed by atoms with Gasteiger partial charge in [0.05, 0.1) is 19.8 Å². The van der Waals surface area contributed by atoms with Crippen molar-refractivity contribution < 1.29 is 79.5 Å². The van der Waals surface area contributed by atoms with Gasteiger partial charge in [-0.15, -0.1) is 0 Å². The van der Waals surface area contributed by atoms with Crippen molar-refractivity contribution in [3.05, 3.63) is 0 Å². The van der Waals surface area contributed by atoms with E-state index in [-0.39, 0.29) is 6.61 Å². The van der Waals surface area contributed by atoms with Crippen LogP contribution in [-0.2, 0) is 28.4 Å². The number of unbranched alkanes of at least 4 members (excludes halogenated alkanes) is 9. The number of hydrogen-bond donors (Lipinski definition) is 10. The summed E-state index contributed by atoms with van der Waals surface area (Å²) in [6.07, 6.45) is -12.5. The minimum Gasteiger partial charge on any atom is -0.394 e. The Bertz CT molecular complexity index is 820. The second kappa shape index (κ2) is 20.1. The van der Waals surface area contributed by atoms with Gasteiger partial charge in [0.25, 0.3) is 0 Å². The van der Waals surface area contributed by atoms with Crippen LogP contribution in [0.15, 0.2) is 0 Å². The molecule has 3 heterocycles. The van der Waals surface area contributed by atoms with E-state index in [2.05, 4.69) is 6.92 Å². The molecule has 16 heteroatoms. The van der Waals surface area contributed by atoms with Crippen LogP contribution >= 0.6 is 0 Å². The summed E-state index contributed by atoms with van der Waals surface area (Å²) in [5, 5.41) is 103. The monoisotopic (exact) mass is 672 g/mol. The molecular formula is C30H56O16. The van der Waals surface area contributed by atoms with Gasteiger partial charge in [0.15, 0.2) is 18.9 Å². The van der Waals surface area contributed by atoms with Gasteiger partial charge in [-0.05, 0) is 6.42 Å². The van der Waals surface area contributed by atoms with E-state index in [9.17, 15) is 51.1 Å². The Balaban J connectivity index is 1.50. The summed E-state index contributed by atoms with van der Waals surface area (Å²) in [6.45, 7) is 0.270. The molecule has 10 N–H and O–H groups in total. The third kappa shape index (κ3) is 10.4. The quantitative estimate of drug-likeness (QED) is 0.0630. The number of ether oxygens (including phenoxy) is 6.